The summed E-state index contributed by atoms with van der Waals surface area (Å²) in [5, 5.41) is 13.7. The van der Waals surface area contributed by atoms with E-state index in [9.17, 15) is 19.7 Å². The lowest BCUT2D eigenvalue weighted by atomic mass is 9.94. The van der Waals surface area contributed by atoms with E-state index in [-0.39, 0.29) is 42.8 Å². The Morgan fingerprint density at radius 2 is 2.08 bits per heavy atom. The number of anilines is 1. The van der Waals surface area contributed by atoms with E-state index >= 15 is 0 Å². The maximum atomic E-state index is 12.2. The Balaban J connectivity index is 0.00000338. The fourth-order valence-corrected chi connectivity index (χ4v) is 2.45. The Kier molecular flexibility index (Phi) is 7.34. The number of nitrogens with zero attached hydrogens (tertiary/aromatic N) is 2. The Bertz CT molecular complexity index is 693. The number of nitrogens with two attached hydrogens (primary N) is 1. The normalized spacial score (nSPS) is 13.3. The summed E-state index contributed by atoms with van der Waals surface area (Å²) >= 11 is 0. The van der Waals surface area contributed by atoms with Crippen molar-refractivity contribution in [2.75, 3.05) is 24.6 Å². The summed E-state index contributed by atoms with van der Waals surface area (Å²) in [6.07, 6.45) is 1.41. The van der Waals surface area contributed by atoms with Crippen molar-refractivity contribution in [2.45, 2.75) is 32.2 Å². The Morgan fingerprint density at radius 3 is 2.65 bits per heavy atom. The zero-order valence-corrected chi connectivity index (χ0v) is 15.5. The molecule has 0 spiro atoms. The van der Waals surface area contributed by atoms with Gasteiger partial charge >= 0.3 is 0 Å². The van der Waals surface area contributed by atoms with Gasteiger partial charge in [0.2, 0.25) is 5.91 Å². The van der Waals surface area contributed by atoms with Crippen LogP contribution in [0.25, 0.3) is 0 Å². The molecule has 0 bridgehead atoms. The molecule has 0 fully saturated rings. The molecular formula is C16H23ClN4O5. The van der Waals surface area contributed by atoms with Crippen molar-refractivity contribution in [2.24, 2.45) is 5.73 Å². The number of benzene rings is 1. The number of halogens is 1. The highest BCUT2D eigenvalue weighted by molar-refractivity contribution is 6.02. The van der Waals surface area contributed by atoms with Gasteiger partial charge in [0.05, 0.1) is 10.6 Å². The highest BCUT2D eigenvalue weighted by atomic mass is 35.5. The molecule has 0 aromatic heterocycles. The molecule has 0 saturated heterocycles. The number of hydrogen-bond donors (Lipinski definition) is 2. The summed E-state index contributed by atoms with van der Waals surface area (Å²) in [7, 11) is 0. The van der Waals surface area contributed by atoms with Gasteiger partial charge in [-0.15, -0.1) is 12.4 Å². The maximum absolute atomic E-state index is 12.2. The Labute approximate surface area is 157 Å². The minimum atomic E-state index is -0.567. The second-order valence-corrected chi connectivity index (χ2v) is 6.02. The van der Waals surface area contributed by atoms with Gasteiger partial charge in [-0.05, 0) is 18.9 Å². The third-order valence-corrected chi connectivity index (χ3v) is 4.44. The van der Waals surface area contributed by atoms with Crippen LogP contribution in [0.1, 0.15) is 26.7 Å². The number of fused-ring (bicyclic) bond motifs is 1. The third kappa shape index (κ3) is 4.83. The summed E-state index contributed by atoms with van der Waals surface area (Å²) < 4.78 is 5.27. The van der Waals surface area contributed by atoms with Crippen LogP contribution in [0.15, 0.2) is 18.2 Å². The van der Waals surface area contributed by atoms with E-state index in [1.165, 1.54) is 23.1 Å². The average Bonchev–Trinajstić information content (AvgIpc) is 2.61. The molecule has 0 aliphatic carbocycles. The second-order valence-electron chi connectivity index (χ2n) is 6.02. The van der Waals surface area contributed by atoms with Crippen LogP contribution in [0.2, 0.25) is 0 Å². The van der Waals surface area contributed by atoms with E-state index in [4.69, 9.17) is 10.5 Å². The number of nitro groups is 1. The number of carbonyl (C=O) groups is 2. The minimum Gasteiger partial charge on any atom is -0.482 e. The molecule has 2 rings (SSSR count). The van der Waals surface area contributed by atoms with Crippen LogP contribution in [0.3, 0.4) is 0 Å². The quantitative estimate of drug-likeness (QED) is 0.538. The van der Waals surface area contributed by atoms with Crippen LogP contribution in [0, 0.1) is 10.1 Å². The number of rotatable bonds is 7. The number of ether oxygens (including phenoxy) is 1. The fourth-order valence-electron chi connectivity index (χ4n) is 2.45. The number of nitro benzene ring substituents is 1. The predicted octanol–water partition coefficient (Wildman–Crippen LogP) is 1.38. The molecule has 1 aromatic rings. The van der Waals surface area contributed by atoms with Crippen molar-refractivity contribution in [1.29, 1.82) is 0 Å². The molecule has 2 amide bonds. The predicted molar refractivity (Wildman–Crippen MR) is 98.7 cm³/mol. The molecule has 0 unspecified atom stereocenters. The van der Waals surface area contributed by atoms with E-state index in [2.05, 4.69) is 5.32 Å². The Morgan fingerprint density at radius 1 is 1.42 bits per heavy atom. The van der Waals surface area contributed by atoms with Crippen molar-refractivity contribution in [3.8, 4) is 5.75 Å². The molecule has 26 heavy (non-hydrogen) atoms. The smallest absolute Gasteiger partial charge is 0.271 e. The summed E-state index contributed by atoms with van der Waals surface area (Å²) in [6.45, 7) is 3.70. The standard InChI is InChI=1S/C16H22N4O5.ClH/c1-3-16(17,4-2)10-18-14(21)8-19-12-7-11(20(23)24)5-6-13(12)25-9-15(19)22;/h5-7H,3-4,8-10,17H2,1-2H3,(H,18,21);1H. The molecule has 1 aliphatic heterocycles. The first-order chi connectivity index (χ1) is 11.8. The van der Waals surface area contributed by atoms with Crippen LogP contribution in [0.5, 0.6) is 5.75 Å². The van der Waals surface area contributed by atoms with Gasteiger partial charge in [-0.25, -0.2) is 0 Å². The van der Waals surface area contributed by atoms with Crippen molar-refractivity contribution < 1.29 is 19.2 Å². The summed E-state index contributed by atoms with van der Waals surface area (Å²) in [6, 6.07) is 3.94. The summed E-state index contributed by atoms with van der Waals surface area (Å²) in [5.74, 6) is -0.495. The SMILES string of the molecule is CCC(N)(CC)CNC(=O)CN1C(=O)COc2ccc([N+](=O)[O-])cc21.Cl. The lowest BCUT2D eigenvalue weighted by Crippen LogP contribution is -2.52. The first-order valence-corrected chi connectivity index (χ1v) is 8.07. The van der Waals surface area contributed by atoms with Gasteiger partial charge in [-0.1, -0.05) is 13.8 Å². The summed E-state index contributed by atoms with van der Waals surface area (Å²) in [5.41, 5.74) is 5.68. The zero-order valence-electron chi connectivity index (χ0n) is 14.7. The van der Waals surface area contributed by atoms with Crippen molar-refractivity contribution in [3.63, 3.8) is 0 Å². The average molecular weight is 387 g/mol. The fraction of sp³-hybridized carbons (Fsp3) is 0.500. The molecule has 1 heterocycles. The number of hydrogen-bond acceptors (Lipinski definition) is 6. The first kappa shape index (κ1) is 21.7. The van der Waals surface area contributed by atoms with Gasteiger partial charge in [0.25, 0.3) is 11.6 Å². The molecule has 0 radical (unpaired) electrons. The second kappa shape index (κ2) is 8.81. The largest absolute Gasteiger partial charge is 0.482 e. The molecule has 0 atom stereocenters. The van der Waals surface area contributed by atoms with Crippen molar-refractivity contribution in [3.05, 3.63) is 28.3 Å². The molecule has 144 valence electrons. The number of non-ortho nitro benzene ring substituents is 1. The molecule has 9 nitrogen and oxygen atoms in total. The number of carbonyl (C=O) groups excluding carboxylic acids is 2. The van der Waals surface area contributed by atoms with Gasteiger partial charge in [-0.2, -0.15) is 0 Å². The van der Waals surface area contributed by atoms with Gasteiger partial charge < -0.3 is 15.8 Å². The molecule has 10 heteroatoms. The molecular weight excluding hydrogens is 364 g/mol. The highest BCUT2D eigenvalue weighted by Crippen LogP contribution is 2.35. The van der Waals surface area contributed by atoms with Gasteiger partial charge in [0, 0.05) is 24.2 Å². The highest BCUT2D eigenvalue weighted by Gasteiger charge is 2.30. The van der Waals surface area contributed by atoms with E-state index in [1.807, 2.05) is 13.8 Å². The topological polar surface area (TPSA) is 128 Å². The minimum absolute atomic E-state index is 0. The lowest BCUT2D eigenvalue weighted by Gasteiger charge is -2.30. The first-order valence-electron chi connectivity index (χ1n) is 8.07. The maximum Gasteiger partial charge on any atom is 0.271 e. The lowest BCUT2D eigenvalue weighted by molar-refractivity contribution is -0.384. The molecule has 1 aliphatic rings. The van der Waals surface area contributed by atoms with Crippen LogP contribution in [-0.2, 0) is 9.59 Å². The van der Waals surface area contributed by atoms with Gasteiger partial charge in [0.15, 0.2) is 6.61 Å². The van der Waals surface area contributed by atoms with Crippen molar-refractivity contribution in [1.82, 2.24) is 5.32 Å². The van der Waals surface area contributed by atoms with Crippen molar-refractivity contribution >= 4 is 35.6 Å². The molecule has 1 aromatic carbocycles. The van der Waals surface area contributed by atoms with Crippen LogP contribution < -0.4 is 20.7 Å². The number of nitrogens with one attached hydrogen (secondary N) is 1. The summed E-state index contributed by atoms with van der Waals surface area (Å²) in [4.78, 5) is 35.9. The van der Waals surface area contributed by atoms with Crippen LogP contribution in [0.4, 0.5) is 11.4 Å². The third-order valence-electron chi connectivity index (χ3n) is 4.44. The monoisotopic (exact) mass is 386 g/mol. The molecule has 3 N–H and O–H groups in total. The van der Waals surface area contributed by atoms with Crippen LogP contribution >= 0.6 is 12.4 Å². The van der Waals surface area contributed by atoms with E-state index in [0.29, 0.717) is 25.1 Å². The van der Waals surface area contributed by atoms with Gasteiger partial charge in [0.1, 0.15) is 12.3 Å². The van der Waals surface area contributed by atoms with E-state index in [0.717, 1.165) is 0 Å². The Hall–Kier alpha value is -2.39. The van der Waals surface area contributed by atoms with E-state index in [1.54, 1.807) is 0 Å². The molecule has 0 saturated carbocycles. The van der Waals surface area contributed by atoms with Crippen LogP contribution in [-0.4, -0.2) is 42.0 Å². The van der Waals surface area contributed by atoms with Gasteiger partial charge in [-0.3, -0.25) is 24.6 Å². The van der Waals surface area contributed by atoms with E-state index < -0.39 is 16.4 Å². The number of amides is 2. The zero-order chi connectivity index (χ0) is 18.6.